The predicted molar refractivity (Wildman–Crippen MR) is 140 cm³/mol. The largest absolute Gasteiger partial charge is 0.493 e. The Balaban J connectivity index is 1.37. The van der Waals surface area contributed by atoms with Gasteiger partial charge in [0.15, 0.2) is 0 Å². The number of carboxylic acids is 1. The number of nitrogens with zero attached hydrogens (tertiary/aromatic N) is 1. The highest BCUT2D eigenvalue weighted by atomic mass is 32.1. The van der Waals surface area contributed by atoms with Crippen molar-refractivity contribution >= 4 is 38.3 Å². The van der Waals surface area contributed by atoms with E-state index in [9.17, 15) is 9.90 Å². The Morgan fingerprint density at radius 2 is 1.94 bits per heavy atom. The third kappa shape index (κ3) is 3.89. The van der Waals surface area contributed by atoms with Crippen LogP contribution in [0.4, 0.5) is 0 Å². The number of aryl methyl sites for hydroxylation is 2. The van der Waals surface area contributed by atoms with E-state index in [1.165, 1.54) is 22.9 Å². The molecule has 0 unspecified atom stereocenters. The number of fused-ring (bicyclic) bond motifs is 2. The van der Waals surface area contributed by atoms with Gasteiger partial charge in [0.25, 0.3) is 0 Å². The Morgan fingerprint density at radius 1 is 1.17 bits per heavy atom. The highest BCUT2D eigenvalue weighted by molar-refractivity contribution is 7.22. The number of rotatable bonds is 5. The number of aromatic carboxylic acids is 1. The van der Waals surface area contributed by atoms with Crippen LogP contribution in [0.15, 0.2) is 42.5 Å². The van der Waals surface area contributed by atoms with Gasteiger partial charge >= 0.3 is 5.97 Å². The number of carbonyl (C=O) groups is 1. The summed E-state index contributed by atoms with van der Waals surface area (Å²) in [5, 5.41) is 12.0. The molecule has 6 rings (SSSR count). The van der Waals surface area contributed by atoms with Crippen molar-refractivity contribution in [1.82, 2.24) is 4.98 Å². The lowest BCUT2D eigenvalue weighted by atomic mass is 9.69. The summed E-state index contributed by atoms with van der Waals surface area (Å²) in [6.07, 6.45) is 4.64. The lowest BCUT2D eigenvalue weighted by Gasteiger charge is -2.46. The van der Waals surface area contributed by atoms with Crippen LogP contribution in [0.5, 0.6) is 5.75 Å². The summed E-state index contributed by atoms with van der Waals surface area (Å²) in [5.74, 6) is 0.138. The molecule has 0 atom stereocenters. The Labute approximate surface area is 208 Å². The van der Waals surface area contributed by atoms with Crippen LogP contribution in [-0.4, -0.2) is 35.9 Å². The maximum absolute atomic E-state index is 12.4. The molecule has 2 aromatic carbocycles. The Hall–Kier alpha value is -2.96. The molecule has 1 N–H and O–H groups in total. The van der Waals surface area contributed by atoms with Gasteiger partial charge in [-0.05, 0) is 80.2 Å². The molecule has 0 radical (unpaired) electrons. The van der Waals surface area contributed by atoms with E-state index in [-0.39, 0.29) is 5.56 Å². The molecule has 3 heterocycles. The molecule has 5 nitrogen and oxygen atoms in total. The second-order valence-corrected chi connectivity index (χ2v) is 11.3. The second kappa shape index (κ2) is 8.61. The van der Waals surface area contributed by atoms with Gasteiger partial charge in [-0.1, -0.05) is 24.3 Å². The Bertz CT molecular complexity index is 1440. The second-order valence-electron chi connectivity index (χ2n) is 10.3. The van der Waals surface area contributed by atoms with E-state index < -0.39 is 5.97 Å². The highest BCUT2D eigenvalue weighted by Gasteiger charge is 2.41. The molecule has 1 aliphatic carbocycles. The van der Waals surface area contributed by atoms with Crippen LogP contribution in [0.25, 0.3) is 31.6 Å². The van der Waals surface area contributed by atoms with E-state index >= 15 is 0 Å². The quantitative estimate of drug-likeness (QED) is 0.328. The van der Waals surface area contributed by atoms with Gasteiger partial charge in [-0.2, -0.15) is 0 Å². The van der Waals surface area contributed by atoms with Crippen LogP contribution in [0.1, 0.15) is 47.2 Å². The summed E-state index contributed by atoms with van der Waals surface area (Å²) in [6, 6.07) is 13.9. The van der Waals surface area contributed by atoms with Crippen LogP contribution >= 0.6 is 11.3 Å². The molecular formula is C29H29NO4S. The molecule has 2 aromatic heterocycles. The first-order valence-corrected chi connectivity index (χ1v) is 13.1. The van der Waals surface area contributed by atoms with Gasteiger partial charge in [-0.25, -0.2) is 9.78 Å². The average molecular weight is 488 g/mol. The summed E-state index contributed by atoms with van der Waals surface area (Å²) in [6.45, 7) is 6.46. The molecule has 1 saturated heterocycles. The smallest absolute Gasteiger partial charge is 0.336 e. The summed E-state index contributed by atoms with van der Waals surface area (Å²) in [4.78, 5) is 18.4. The first kappa shape index (κ1) is 22.5. The topological polar surface area (TPSA) is 68.7 Å². The molecule has 35 heavy (non-hydrogen) atoms. The van der Waals surface area contributed by atoms with Crippen LogP contribution in [-0.2, 0) is 4.74 Å². The fourth-order valence-electron chi connectivity index (χ4n) is 5.61. The summed E-state index contributed by atoms with van der Waals surface area (Å²) in [5.41, 5.74) is 4.13. The number of carboxylic acid groups (broad SMARTS) is 1. The maximum Gasteiger partial charge on any atom is 0.336 e. The molecule has 180 valence electrons. The third-order valence-electron chi connectivity index (χ3n) is 7.89. The molecule has 0 amide bonds. The SMILES string of the molecule is Cc1c(-c2cc(C(=O)O)c3c(OCC4CCC5(CC4)COC5)ccc(C)c3n2)sc2ccccc12. The number of benzene rings is 2. The van der Waals surface area contributed by atoms with Crippen molar-refractivity contribution < 1.29 is 19.4 Å². The summed E-state index contributed by atoms with van der Waals surface area (Å²) >= 11 is 1.66. The number of pyridine rings is 1. The minimum atomic E-state index is -0.961. The van der Waals surface area contributed by atoms with Crippen molar-refractivity contribution in [2.24, 2.45) is 11.3 Å². The van der Waals surface area contributed by atoms with Gasteiger partial charge in [0.2, 0.25) is 0 Å². The molecule has 1 spiro atoms. The van der Waals surface area contributed by atoms with Crippen LogP contribution in [0.3, 0.4) is 0 Å². The number of ether oxygens (including phenoxy) is 2. The number of hydrogen-bond donors (Lipinski definition) is 1. The monoisotopic (exact) mass is 487 g/mol. The van der Waals surface area contributed by atoms with Crippen LogP contribution < -0.4 is 4.74 Å². The zero-order valence-electron chi connectivity index (χ0n) is 20.1. The lowest BCUT2D eigenvalue weighted by Crippen LogP contribution is -2.45. The van der Waals surface area contributed by atoms with E-state index in [2.05, 4.69) is 19.1 Å². The minimum absolute atomic E-state index is 0.245. The normalized spacial score (nSPS) is 17.7. The van der Waals surface area contributed by atoms with Crippen molar-refractivity contribution in [2.75, 3.05) is 19.8 Å². The van der Waals surface area contributed by atoms with E-state index in [4.69, 9.17) is 14.5 Å². The average Bonchev–Trinajstić information content (AvgIpc) is 3.19. The fourth-order valence-corrected chi connectivity index (χ4v) is 6.78. The molecule has 4 aromatic rings. The molecular weight excluding hydrogens is 458 g/mol. The molecule has 2 fully saturated rings. The predicted octanol–water partition coefficient (Wildman–Crippen LogP) is 7.02. The van der Waals surface area contributed by atoms with Crippen molar-refractivity contribution in [3.63, 3.8) is 0 Å². The standard InChI is InChI=1S/C29H29NO4S/c1-17-7-8-23(34-14-19-9-11-29(12-10-19)15-33-16-29)25-21(28(31)32)13-22(30-26(17)25)27-18(2)20-5-3-4-6-24(20)35-27/h3-8,13,19H,9-12,14-16H2,1-2H3,(H,31,32). The van der Waals surface area contributed by atoms with Gasteiger partial charge in [0.05, 0.1) is 46.9 Å². The lowest BCUT2D eigenvalue weighted by molar-refractivity contribution is -0.137. The third-order valence-corrected chi connectivity index (χ3v) is 9.18. The van der Waals surface area contributed by atoms with Crippen molar-refractivity contribution in [2.45, 2.75) is 39.5 Å². The highest BCUT2D eigenvalue weighted by Crippen LogP contribution is 2.45. The molecule has 1 aliphatic heterocycles. The van der Waals surface area contributed by atoms with E-state index in [1.54, 1.807) is 17.4 Å². The van der Waals surface area contributed by atoms with Crippen molar-refractivity contribution in [1.29, 1.82) is 0 Å². The molecule has 2 aliphatic rings. The van der Waals surface area contributed by atoms with Crippen molar-refractivity contribution in [3.05, 3.63) is 59.2 Å². The van der Waals surface area contributed by atoms with Crippen LogP contribution in [0.2, 0.25) is 0 Å². The first-order valence-electron chi connectivity index (χ1n) is 12.3. The van der Waals surface area contributed by atoms with Crippen molar-refractivity contribution in [3.8, 4) is 16.3 Å². The van der Waals surface area contributed by atoms with Gasteiger partial charge < -0.3 is 14.6 Å². The van der Waals surface area contributed by atoms with Gasteiger partial charge in [0.1, 0.15) is 5.75 Å². The zero-order valence-corrected chi connectivity index (χ0v) is 20.9. The van der Waals surface area contributed by atoms with Gasteiger partial charge in [-0.3, -0.25) is 0 Å². The summed E-state index contributed by atoms with van der Waals surface area (Å²) in [7, 11) is 0. The van der Waals surface area contributed by atoms with Crippen LogP contribution in [0, 0.1) is 25.2 Å². The zero-order chi connectivity index (χ0) is 24.2. The Kier molecular flexibility index (Phi) is 5.53. The molecule has 1 saturated carbocycles. The Morgan fingerprint density at radius 3 is 2.63 bits per heavy atom. The van der Waals surface area contributed by atoms with E-state index in [0.717, 1.165) is 42.1 Å². The number of hydrogen-bond acceptors (Lipinski definition) is 5. The van der Waals surface area contributed by atoms with Gasteiger partial charge in [0, 0.05) is 10.1 Å². The summed E-state index contributed by atoms with van der Waals surface area (Å²) < 4.78 is 12.9. The maximum atomic E-state index is 12.4. The molecule has 6 heteroatoms. The molecule has 0 bridgehead atoms. The fraction of sp³-hybridized carbons (Fsp3) is 0.379. The van der Waals surface area contributed by atoms with Gasteiger partial charge in [-0.15, -0.1) is 11.3 Å². The minimum Gasteiger partial charge on any atom is -0.493 e. The number of aromatic nitrogens is 1. The number of thiophene rings is 1. The first-order chi connectivity index (χ1) is 16.9. The van der Waals surface area contributed by atoms with E-state index in [0.29, 0.717) is 40.3 Å². The van der Waals surface area contributed by atoms with E-state index in [1.807, 2.05) is 31.2 Å².